The maximum atomic E-state index is 11.3. The molecule has 0 bridgehead atoms. The second-order valence-corrected chi connectivity index (χ2v) is 3.83. The van der Waals surface area contributed by atoms with Gasteiger partial charge in [-0.2, -0.15) is 0 Å². The van der Waals surface area contributed by atoms with Crippen LogP contribution in [-0.4, -0.2) is 28.0 Å². The molecule has 0 aliphatic rings. The summed E-state index contributed by atoms with van der Waals surface area (Å²) in [5, 5.41) is 13.0. The van der Waals surface area contributed by atoms with Crippen molar-refractivity contribution >= 4 is 17.9 Å². The predicted octanol–water partition coefficient (Wildman–Crippen LogP) is 0.662. The zero-order chi connectivity index (χ0) is 14.1. The minimum atomic E-state index is -0.963. The number of nitrogens with zero attached hydrogens (tertiary/aromatic N) is 1. The zero-order valence-electron chi connectivity index (χ0n) is 10.3. The molecule has 0 spiro atoms. The zero-order valence-corrected chi connectivity index (χ0v) is 10.3. The number of rotatable bonds is 6. The Morgan fingerprint density at radius 3 is 2.47 bits per heavy atom. The summed E-state index contributed by atoms with van der Waals surface area (Å²) in [6.45, 7) is 0.288. The van der Waals surface area contributed by atoms with Crippen LogP contribution < -0.4 is 10.6 Å². The minimum absolute atomic E-state index is 0.00891. The topological polar surface area (TPSA) is 108 Å². The molecule has 0 aliphatic heterocycles. The van der Waals surface area contributed by atoms with E-state index < -0.39 is 17.9 Å². The third-order valence-corrected chi connectivity index (χ3v) is 2.25. The number of carbonyl (C=O) groups excluding carboxylic acids is 2. The summed E-state index contributed by atoms with van der Waals surface area (Å²) < 4.78 is 0. The number of urea groups is 1. The first-order chi connectivity index (χ1) is 9.08. The molecule has 102 valence electrons. The second kappa shape index (κ2) is 7.80. The Kier molecular flexibility index (Phi) is 6.00. The number of carboxylic acids is 1. The third kappa shape index (κ3) is 6.77. The van der Waals surface area contributed by atoms with Crippen LogP contribution in [0.5, 0.6) is 0 Å². The number of carboxylic acid groups (broad SMARTS) is 1. The highest BCUT2D eigenvalue weighted by Gasteiger charge is 2.08. The Balaban J connectivity index is 2.20. The fourth-order valence-corrected chi connectivity index (χ4v) is 1.32. The maximum Gasteiger partial charge on any atom is 0.321 e. The van der Waals surface area contributed by atoms with Crippen molar-refractivity contribution in [2.24, 2.45) is 0 Å². The molecule has 0 fully saturated rings. The van der Waals surface area contributed by atoms with E-state index in [1.54, 1.807) is 24.5 Å². The van der Waals surface area contributed by atoms with Gasteiger partial charge in [-0.05, 0) is 24.1 Å². The number of imide groups is 1. The van der Waals surface area contributed by atoms with Crippen LogP contribution in [0.1, 0.15) is 24.8 Å². The summed E-state index contributed by atoms with van der Waals surface area (Å²) in [5.41, 5.74) is 0.864. The first-order valence-electron chi connectivity index (χ1n) is 5.76. The van der Waals surface area contributed by atoms with Crippen LogP contribution in [0.2, 0.25) is 0 Å². The smallest absolute Gasteiger partial charge is 0.321 e. The van der Waals surface area contributed by atoms with Gasteiger partial charge in [-0.3, -0.25) is 19.9 Å². The third-order valence-electron chi connectivity index (χ3n) is 2.25. The fourth-order valence-electron chi connectivity index (χ4n) is 1.32. The Morgan fingerprint density at radius 1 is 1.16 bits per heavy atom. The molecule has 19 heavy (non-hydrogen) atoms. The van der Waals surface area contributed by atoms with Crippen molar-refractivity contribution in [3.63, 3.8) is 0 Å². The molecule has 0 atom stereocenters. The predicted molar refractivity (Wildman–Crippen MR) is 66.1 cm³/mol. The first kappa shape index (κ1) is 14.6. The molecule has 0 aliphatic carbocycles. The molecule has 7 nitrogen and oxygen atoms in total. The molecule has 0 radical (unpaired) electrons. The highest BCUT2D eigenvalue weighted by molar-refractivity contribution is 5.94. The molecule has 1 heterocycles. The highest BCUT2D eigenvalue weighted by atomic mass is 16.4. The molecule has 1 aromatic heterocycles. The molecule has 3 N–H and O–H groups in total. The molecule has 1 aromatic rings. The van der Waals surface area contributed by atoms with Gasteiger partial charge >= 0.3 is 12.0 Å². The fraction of sp³-hybridized carbons (Fsp3) is 0.333. The number of aliphatic carboxylic acids is 1. The van der Waals surface area contributed by atoms with Crippen molar-refractivity contribution in [1.82, 2.24) is 15.6 Å². The SMILES string of the molecule is O=C(O)CCCC(=O)NC(=O)NCc1ccncc1. The largest absolute Gasteiger partial charge is 0.481 e. The van der Waals surface area contributed by atoms with Crippen molar-refractivity contribution in [3.05, 3.63) is 30.1 Å². The Bertz CT molecular complexity index is 448. The molecule has 0 saturated carbocycles. The van der Waals surface area contributed by atoms with Gasteiger partial charge in [0.25, 0.3) is 0 Å². The Morgan fingerprint density at radius 2 is 1.84 bits per heavy atom. The van der Waals surface area contributed by atoms with Crippen molar-refractivity contribution in [2.45, 2.75) is 25.8 Å². The quantitative estimate of drug-likeness (QED) is 0.700. The number of nitrogens with one attached hydrogen (secondary N) is 2. The second-order valence-electron chi connectivity index (χ2n) is 3.83. The number of pyridine rings is 1. The normalized spacial score (nSPS) is 9.68. The average Bonchev–Trinajstić information content (AvgIpc) is 2.37. The molecule has 3 amide bonds. The van der Waals surface area contributed by atoms with Gasteiger partial charge < -0.3 is 10.4 Å². The van der Waals surface area contributed by atoms with Crippen molar-refractivity contribution in [2.75, 3.05) is 0 Å². The van der Waals surface area contributed by atoms with E-state index in [0.717, 1.165) is 5.56 Å². The van der Waals surface area contributed by atoms with E-state index in [2.05, 4.69) is 15.6 Å². The lowest BCUT2D eigenvalue weighted by Gasteiger charge is -2.06. The summed E-state index contributed by atoms with van der Waals surface area (Å²) in [4.78, 5) is 36.7. The van der Waals surface area contributed by atoms with E-state index in [9.17, 15) is 14.4 Å². The van der Waals surface area contributed by atoms with Crippen LogP contribution in [-0.2, 0) is 16.1 Å². The van der Waals surface area contributed by atoms with Crippen LogP contribution in [0, 0.1) is 0 Å². The first-order valence-corrected chi connectivity index (χ1v) is 5.76. The van der Waals surface area contributed by atoms with Gasteiger partial charge in [0.1, 0.15) is 0 Å². The van der Waals surface area contributed by atoms with E-state index in [4.69, 9.17) is 5.11 Å². The van der Waals surface area contributed by atoms with Crippen LogP contribution in [0.3, 0.4) is 0 Å². The summed E-state index contributed by atoms with van der Waals surface area (Å²) in [6, 6.07) is 2.89. The molecular weight excluding hydrogens is 250 g/mol. The highest BCUT2D eigenvalue weighted by Crippen LogP contribution is 1.96. The number of amides is 3. The lowest BCUT2D eigenvalue weighted by molar-refractivity contribution is -0.137. The average molecular weight is 265 g/mol. The Labute approximate surface area is 110 Å². The van der Waals surface area contributed by atoms with Gasteiger partial charge in [-0.1, -0.05) is 0 Å². The van der Waals surface area contributed by atoms with Crippen LogP contribution in [0.4, 0.5) is 4.79 Å². The maximum absolute atomic E-state index is 11.3. The van der Waals surface area contributed by atoms with Gasteiger partial charge in [0, 0.05) is 31.8 Å². The van der Waals surface area contributed by atoms with Crippen molar-refractivity contribution < 1.29 is 19.5 Å². The van der Waals surface area contributed by atoms with E-state index in [0.29, 0.717) is 0 Å². The molecule has 0 aromatic carbocycles. The molecule has 0 saturated heterocycles. The van der Waals surface area contributed by atoms with Gasteiger partial charge in [-0.25, -0.2) is 4.79 Å². The summed E-state index contributed by atoms with van der Waals surface area (Å²) >= 11 is 0. The standard InChI is InChI=1S/C12H15N3O4/c16-10(2-1-3-11(17)18)15-12(19)14-8-9-4-6-13-7-5-9/h4-7H,1-3,8H2,(H,17,18)(H2,14,15,16,19). The number of aromatic nitrogens is 1. The van der Waals surface area contributed by atoms with Gasteiger partial charge in [0.15, 0.2) is 0 Å². The number of carbonyl (C=O) groups is 3. The van der Waals surface area contributed by atoms with Crippen LogP contribution in [0.25, 0.3) is 0 Å². The molecule has 1 rings (SSSR count). The minimum Gasteiger partial charge on any atom is -0.481 e. The van der Waals surface area contributed by atoms with E-state index in [1.165, 1.54) is 0 Å². The van der Waals surface area contributed by atoms with E-state index in [-0.39, 0.29) is 25.8 Å². The van der Waals surface area contributed by atoms with E-state index in [1.807, 2.05) is 0 Å². The van der Waals surface area contributed by atoms with Crippen LogP contribution in [0.15, 0.2) is 24.5 Å². The van der Waals surface area contributed by atoms with Gasteiger partial charge in [0.05, 0.1) is 0 Å². The van der Waals surface area contributed by atoms with E-state index >= 15 is 0 Å². The summed E-state index contributed by atoms with van der Waals surface area (Å²) in [6.07, 6.45) is 3.33. The van der Waals surface area contributed by atoms with Crippen LogP contribution >= 0.6 is 0 Å². The molecule has 0 unspecified atom stereocenters. The summed E-state index contributed by atoms with van der Waals surface area (Å²) in [7, 11) is 0. The lowest BCUT2D eigenvalue weighted by Crippen LogP contribution is -2.39. The lowest BCUT2D eigenvalue weighted by atomic mass is 10.2. The summed E-state index contributed by atoms with van der Waals surface area (Å²) in [5.74, 6) is -1.46. The van der Waals surface area contributed by atoms with Gasteiger partial charge in [0.2, 0.25) is 5.91 Å². The number of hydrogen-bond donors (Lipinski definition) is 3. The number of hydrogen-bond acceptors (Lipinski definition) is 4. The van der Waals surface area contributed by atoms with Crippen molar-refractivity contribution in [3.8, 4) is 0 Å². The molecule has 7 heteroatoms. The molecular formula is C12H15N3O4. The van der Waals surface area contributed by atoms with Crippen molar-refractivity contribution in [1.29, 1.82) is 0 Å². The monoisotopic (exact) mass is 265 g/mol. The van der Waals surface area contributed by atoms with Gasteiger partial charge in [-0.15, -0.1) is 0 Å². The Hall–Kier alpha value is -2.44.